The lowest BCUT2D eigenvalue weighted by Gasteiger charge is -2.24. The van der Waals surface area contributed by atoms with Crippen molar-refractivity contribution < 1.29 is 18.7 Å². The molecule has 1 N–H and O–H groups in total. The average Bonchev–Trinajstić information content (AvgIpc) is 3.74. The smallest absolute Gasteiger partial charge is 0.231 e. The van der Waals surface area contributed by atoms with Gasteiger partial charge < -0.3 is 19.4 Å². The minimum absolute atomic E-state index is 0.0525. The van der Waals surface area contributed by atoms with E-state index in [9.17, 15) is 10.1 Å². The lowest BCUT2D eigenvalue weighted by molar-refractivity contribution is -0.119. The number of amides is 1. The van der Waals surface area contributed by atoms with Crippen LogP contribution in [0.15, 0.2) is 42.7 Å². The van der Waals surface area contributed by atoms with Crippen LogP contribution in [0.1, 0.15) is 36.5 Å². The van der Waals surface area contributed by atoms with E-state index in [-0.39, 0.29) is 29.6 Å². The molecule has 0 saturated heterocycles. The Morgan fingerprint density at radius 1 is 1.21 bits per heavy atom. The number of rotatable bonds is 9. The van der Waals surface area contributed by atoms with Crippen molar-refractivity contribution in [2.45, 2.75) is 32.7 Å². The summed E-state index contributed by atoms with van der Waals surface area (Å²) in [4.78, 5) is 24.6. The molecule has 0 radical (unpaired) electrons. The standard InChI is InChI=1S/C29H29FN6O3/c1-5-18-10-17(14-31)11-22(30)26(18)33-25-13-23-27(32-16-35(23)2)28(34-25)36(29(37)19-6-7-19)15-20-8-9-21(38-3)12-24(20)39-4/h8-13,16,19H,5-7,15H2,1-4H3,(H,33,34). The Bertz CT molecular complexity index is 1610. The number of hydrogen-bond donors (Lipinski definition) is 1. The molecule has 4 aromatic rings. The number of pyridine rings is 1. The number of carbonyl (C=O) groups excluding carboxylic acids is 1. The molecular weight excluding hydrogens is 499 g/mol. The topological polar surface area (TPSA) is 105 Å². The predicted molar refractivity (Wildman–Crippen MR) is 146 cm³/mol. The summed E-state index contributed by atoms with van der Waals surface area (Å²) in [6, 6.07) is 12.1. The Labute approximate surface area is 225 Å². The highest BCUT2D eigenvalue weighted by Gasteiger charge is 2.36. The summed E-state index contributed by atoms with van der Waals surface area (Å²) in [5.41, 5.74) is 3.20. The van der Waals surface area contributed by atoms with Crippen molar-refractivity contribution in [3.8, 4) is 17.6 Å². The number of nitrogens with zero attached hydrogens (tertiary/aromatic N) is 5. The van der Waals surface area contributed by atoms with Crippen LogP contribution >= 0.6 is 0 Å². The van der Waals surface area contributed by atoms with Gasteiger partial charge in [-0.25, -0.2) is 14.4 Å². The summed E-state index contributed by atoms with van der Waals surface area (Å²) in [5, 5.41) is 12.4. The zero-order chi connectivity index (χ0) is 27.7. The highest BCUT2D eigenvalue weighted by atomic mass is 19.1. The molecule has 0 atom stereocenters. The lowest BCUT2D eigenvalue weighted by Crippen LogP contribution is -2.33. The Kier molecular flexibility index (Phi) is 7.07. The van der Waals surface area contributed by atoms with Crippen LogP contribution in [0.4, 0.5) is 21.7 Å². The van der Waals surface area contributed by atoms with Gasteiger partial charge >= 0.3 is 0 Å². The third-order valence-electron chi connectivity index (χ3n) is 6.90. The van der Waals surface area contributed by atoms with E-state index in [0.717, 1.165) is 23.9 Å². The molecule has 39 heavy (non-hydrogen) atoms. The second-order valence-electron chi connectivity index (χ2n) is 9.51. The van der Waals surface area contributed by atoms with Gasteiger partial charge in [0.2, 0.25) is 5.91 Å². The number of nitrogens with one attached hydrogen (secondary N) is 1. The van der Waals surface area contributed by atoms with E-state index in [1.165, 1.54) is 6.07 Å². The number of hydrogen-bond acceptors (Lipinski definition) is 7. The maximum Gasteiger partial charge on any atom is 0.231 e. The molecule has 1 fully saturated rings. The molecule has 0 bridgehead atoms. The summed E-state index contributed by atoms with van der Waals surface area (Å²) in [6.07, 6.45) is 3.80. The van der Waals surface area contributed by atoms with Crippen molar-refractivity contribution in [1.82, 2.24) is 14.5 Å². The zero-order valence-electron chi connectivity index (χ0n) is 22.3. The van der Waals surface area contributed by atoms with Crippen molar-refractivity contribution in [3.63, 3.8) is 0 Å². The summed E-state index contributed by atoms with van der Waals surface area (Å²) in [6.45, 7) is 2.10. The quantitative estimate of drug-likeness (QED) is 0.316. The molecule has 1 aliphatic rings. The number of benzene rings is 2. The molecular formula is C29H29FN6O3. The van der Waals surface area contributed by atoms with E-state index in [0.29, 0.717) is 40.6 Å². The minimum Gasteiger partial charge on any atom is -0.497 e. The first-order valence-electron chi connectivity index (χ1n) is 12.7. The number of ether oxygens (including phenoxy) is 2. The summed E-state index contributed by atoms with van der Waals surface area (Å²) in [5.74, 6) is 1.27. The molecule has 0 aliphatic heterocycles. The van der Waals surface area contributed by atoms with E-state index in [1.807, 2.05) is 36.7 Å². The number of aryl methyl sites for hydroxylation is 2. The SMILES string of the molecule is CCc1cc(C#N)cc(F)c1Nc1cc2c(ncn2C)c(N(Cc2ccc(OC)cc2OC)C(=O)C2CC2)n1. The Hall–Kier alpha value is -4.65. The van der Waals surface area contributed by atoms with Crippen LogP contribution in [0, 0.1) is 23.1 Å². The molecule has 200 valence electrons. The summed E-state index contributed by atoms with van der Waals surface area (Å²) in [7, 11) is 5.00. The van der Waals surface area contributed by atoms with Crippen LogP contribution in [-0.4, -0.2) is 34.7 Å². The molecule has 5 rings (SSSR count). The normalized spacial score (nSPS) is 12.7. The number of anilines is 3. The van der Waals surface area contributed by atoms with E-state index >= 15 is 4.39 Å². The summed E-state index contributed by atoms with van der Waals surface area (Å²) >= 11 is 0. The van der Waals surface area contributed by atoms with Gasteiger partial charge in [0.25, 0.3) is 0 Å². The van der Waals surface area contributed by atoms with Gasteiger partial charge in [0.05, 0.1) is 49.9 Å². The second-order valence-corrected chi connectivity index (χ2v) is 9.51. The number of carbonyl (C=O) groups is 1. The van der Waals surface area contributed by atoms with Crippen LogP contribution in [0.2, 0.25) is 0 Å². The molecule has 1 amide bonds. The van der Waals surface area contributed by atoms with E-state index in [4.69, 9.17) is 14.5 Å². The Morgan fingerprint density at radius 2 is 2.00 bits per heavy atom. The zero-order valence-corrected chi connectivity index (χ0v) is 22.3. The van der Waals surface area contributed by atoms with Crippen LogP contribution in [0.5, 0.6) is 11.5 Å². The number of imidazole rings is 1. The first kappa shape index (κ1) is 26.0. The highest BCUT2D eigenvalue weighted by Crippen LogP contribution is 2.37. The number of halogens is 1. The fourth-order valence-corrected chi connectivity index (χ4v) is 4.60. The van der Waals surface area contributed by atoms with Crippen LogP contribution in [0.25, 0.3) is 11.0 Å². The fraction of sp³-hybridized carbons (Fsp3) is 0.310. The van der Waals surface area contributed by atoms with E-state index < -0.39 is 5.82 Å². The Balaban J connectivity index is 1.63. The van der Waals surface area contributed by atoms with E-state index in [1.54, 1.807) is 43.6 Å². The third kappa shape index (κ3) is 5.08. The molecule has 2 aromatic heterocycles. The van der Waals surface area contributed by atoms with Crippen LogP contribution in [-0.2, 0) is 24.8 Å². The molecule has 9 nitrogen and oxygen atoms in total. The molecule has 1 aliphatic carbocycles. The highest BCUT2D eigenvalue weighted by molar-refractivity contribution is 6.02. The van der Waals surface area contributed by atoms with Crippen molar-refractivity contribution in [2.75, 3.05) is 24.4 Å². The van der Waals surface area contributed by atoms with Gasteiger partial charge in [-0.2, -0.15) is 5.26 Å². The minimum atomic E-state index is -0.548. The predicted octanol–water partition coefficient (Wildman–Crippen LogP) is 5.25. The van der Waals surface area contributed by atoms with Crippen molar-refractivity contribution >= 4 is 34.3 Å². The molecule has 10 heteroatoms. The van der Waals surface area contributed by atoms with Gasteiger partial charge in [-0.1, -0.05) is 6.92 Å². The van der Waals surface area contributed by atoms with E-state index in [2.05, 4.69) is 10.3 Å². The molecule has 0 spiro atoms. The van der Waals surface area contributed by atoms with Crippen LogP contribution in [0.3, 0.4) is 0 Å². The number of methoxy groups -OCH3 is 2. The monoisotopic (exact) mass is 528 g/mol. The summed E-state index contributed by atoms with van der Waals surface area (Å²) < 4.78 is 27.8. The fourth-order valence-electron chi connectivity index (χ4n) is 4.60. The lowest BCUT2D eigenvalue weighted by atomic mass is 10.1. The van der Waals surface area contributed by atoms with Crippen molar-refractivity contribution in [2.24, 2.45) is 13.0 Å². The molecule has 0 unspecified atom stereocenters. The van der Waals surface area contributed by atoms with Gasteiger partial charge in [-0.3, -0.25) is 9.69 Å². The maximum atomic E-state index is 15.1. The first-order chi connectivity index (χ1) is 18.9. The second kappa shape index (κ2) is 10.6. The molecule has 1 saturated carbocycles. The maximum absolute atomic E-state index is 15.1. The Morgan fingerprint density at radius 3 is 2.67 bits per heavy atom. The molecule has 2 aromatic carbocycles. The van der Waals surface area contributed by atoms with Crippen molar-refractivity contribution in [3.05, 3.63) is 65.2 Å². The van der Waals surface area contributed by atoms with Gasteiger partial charge in [0.15, 0.2) is 5.82 Å². The van der Waals surface area contributed by atoms with Gasteiger partial charge in [-0.15, -0.1) is 0 Å². The number of fused-ring (bicyclic) bond motifs is 1. The first-order valence-corrected chi connectivity index (χ1v) is 12.7. The van der Waals surface area contributed by atoms with Gasteiger partial charge in [0, 0.05) is 30.7 Å². The van der Waals surface area contributed by atoms with Gasteiger partial charge in [-0.05, 0) is 49.1 Å². The van der Waals surface area contributed by atoms with Crippen LogP contribution < -0.4 is 19.7 Å². The van der Waals surface area contributed by atoms with Crippen molar-refractivity contribution in [1.29, 1.82) is 5.26 Å². The number of nitriles is 1. The third-order valence-corrected chi connectivity index (χ3v) is 6.90. The largest absolute Gasteiger partial charge is 0.497 e. The molecule has 2 heterocycles. The van der Waals surface area contributed by atoms with Gasteiger partial charge in [0.1, 0.15) is 28.7 Å². The number of aromatic nitrogens is 3. The average molecular weight is 529 g/mol.